The van der Waals surface area contributed by atoms with Crippen LogP contribution in [0.25, 0.3) is 22.6 Å². The maximum absolute atomic E-state index is 13.4. The second-order valence-corrected chi connectivity index (χ2v) is 7.69. The Morgan fingerprint density at radius 3 is 2.57 bits per heavy atom. The summed E-state index contributed by atoms with van der Waals surface area (Å²) in [5, 5.41) is 3.36. The molecule has 0 bridgehead atoms. The number of benzene rings is 3. The molecular formula is C23H16ClFN2O2S. The van der Waals surface area contributed by atoms with Crippen LogP contribution in [0.3, 0.4) is 0 Å². The molecule has 1 heterocycles. The van der Waals surface area contributed by atoms with Gasteiger partial charge in [-0.25, -0.2) is 9.37 Å². The minimum atomic E-state index is -0.328. The second kappa shape index (κ2) is 8.73. The summed E-state index contributed by atoms with van der Waals surface area (Å²) in [6.07, 6.45) is 4.94. The lowest BCUT2D eigenvalue weighted by Gasteiger charge is -2.13. The van der Waals surface area contributed by atoms with E-state index in [-0.39, 0.29) is 11.7 Å². The number of thioether (sulfide) groups is 1. The van der Waals surface area contributed by atoms with Gasteiger partial charge in [0.25, 0.3) is 5.91 Å². The van der Waals surface area contributed by atoms with E-state index >= 15 is 0 Å². The maximum atomic E-state index is 13.4. The fourth-order valence-corrected chi connectivity index (χ4v) is 3.68. The third-order valence-corrected chi connectivity index (χ3v) is 5.57. The van der Waals surface area contributed by atoms with Crippen molar-refractivity contribution in [2.75, 3.05) is 11.6 Å². The van der Waals surface area contributed by atoms with Crippen LogP contribution >= 0.6 is 23.4 Å². The lowest BCUT2D eigenvalue weighted by atomic mass is 9.99. The molecule has 0 unspecified atom stereocenters. The highest BCUT2D eigenvalue weighted by Crippen LogP contribution is 2.32. The SMILES string of the molecule is CSc1ccc(C(=O)Nc2ccc(Cl)c(-c3ncco3)c2)c(-c2ccc(F)cc2)c1. The normalized spacial score (nSPS) is 10.8. The Morgan fingerprint density at radius 1 is 1.07 bits per heavy atom. The molecule has 1 N–H and O–H groups in total. The summed E-state index contributed by atoms with van der Waals surface area (Å²) >= 11 is 7.82. The molecule has 0 fully saturated rings. The standard InChI is InChI=1S/C23H16ClFN2O2S/c1-30-17-7-8-18(19(13-17)14-2-4-15(25)5-3-14)22(28)27-16-6-9-21(24)20(12-16)23-26-10-11-29-23/h2-13H,1H3,(H,27,28). The number of amides is 1. The lowest BCUT2D eigenvalue weighted by Crippen LogP contribution is -2.13. The average molecular weight is 439 g/mol. The lowest BCUT2D eigenvalue weighted by molar-refractivity contribution is 0.102. The van der Waals surface area contributed by atoms with Gasteiger partial charge in [0.15, 0.2) is 0 Å². The Labute approximate surface area is 182 Å². The molecule has 0 aliphatic rings. The van der Waals surface area contributed by atoms with Crippen LogP contribution in [0.2, 0.25) is 5.02 Å². The summed E-state index contributed by atoms with van der Waals surface area (Å²) in [6.45, 7) is 0. The topological polar surface area (TPSA) is 55.1 Å². The molecule has 0 radical (unpaired) electrons. The zero-order chi connectivity index (χ0) is 21.1. The van der Waals surface area contributed by atoms with Gasteiger partial charge in [-0.1, -0.05) is 23.7 Å². The number of aromatic nitrogens is 1. The first-order valence-corrected chi connectivity index (χ1v) is 10.6. The van der Waals surface area contributed by atoms with Gasteiger partial charge in [-0.3, -0.25) is 4.79 Å². The molecule has 150 valence electrons. The number of carbonyl (C=O) groups excluding carboxylic acids is 1. The molecule has 3 aromatic carbocycles. The summed E-state index contributed by atoms with van der Waals surface area (Å²) in [5.41, 5.74) is 3.09. The van der Waals surface area contributed by atoms with Crippen LogP contribution in [-0.4, -0.2) is 17.1 Å². The Morgan fingerprint density at radius 2 is 1.87 bits per heavy atom. The minimum Gasteiger partial charge on any atom is -0.444 e. The van der Waals surface area contributed by atoms with E-state index in [1.54, 1.807) is 48.2 Å². The minimum absolute atomic E-state index is 0.289. The van der Waals surface area contributed by atoms with Gasteiger partial charge in [0.05, 0.1) is 16.8 Å². The van der Waals surface area contributed by atoms with Gasteiger partial charge in [0.1, 0.15) is 12.1 Å². The van der Waals surface area contributed by atoms with Crippen molar-refractivity contribution >= 4 is 35.0 Å². The van der Waals surface area contributed by atoms with Gasteiger partial charge >= 0.3 is 0 Å². The van der Waals surface area contributed by atoms with Gasteiger partial charge < -0.3 is 9.73 Å². The molecule has 30 heavy (non-hydrogen) atoms. The van der Waals surface area contributed by atoms with Crippen molar-refractivity contribution in [2.24, 2.45) is 0 Å². The highest BCUT2D eigenvalue weighted by molar-refractivity contribution is 7.98. The molecule has 1 amide bonds. The molecular weight excluding hydrogens is 423 g/mol. The Balaban J connectivity index is 1.69. The molecule has 4 nitrogen and oxygen atoms in total. The fraction of sp³-hybridized carbons (Fsp3) is 0.0435. The largest absolute Gasteiger partial charge is 0.444 e. The number of hydrogen-bond donors (Lipinski definition) is 1. The van der Waals surface area contributed by atoms with Crippen molar-refractivity contribution < 1.29 is 13.6 Å². The summed E-state index contributed by atoms with van der Waals surface area (Å²) in [5.74, 6) is -0.249. The van der Waals surface area contributed by atoms with Crippen LogP contribution in [0, 0.1) is 5.82 Å². The van der Waals surface area contributed by atoms with Crippen molar-refractivity contribution in [1.82, 2.24) is 4.98 Å². The van der Waals surface area contributed by atoms with Gasteiger partial charge in [-0.15, -0.1) is 11.8 Å². The average Bonchev–Trinajstić information content (AvgIpc) is 3.30. The third kappa shape index (κ3) is 4.25. The van der Waals surface area contributed by atoms with Crippen LogP contribution < -0.4 is 5.32 Å². The predicted octanol–water partition coefficient (Wildman–Crippen LogP) is 6.78. The maximum Gasteiger partial charge on any atom is 0.256 e. The molecule has 1 aromatic heterocycles. The van der Waals surface area contributed by atoms with E-state index < -0.39 is 0 Å². The quantitative estimate of drug-likeness (QED) is 0.349. The Bertz CT molecular complexity index is 1190. The first kappa shape index (κ1) is 20.2. The van der Waals surface area contributed by atoms with E-state index in [9.17, 15) is 9.18 Å². The molecule has 0 atom stereocenters. The molecule has 0 aliphatic carbocycles. The van der Waals surface area contributed by atoms with Crippen LogP contribution in [-0.2, 0) is 0 Å². The second-order valence-electron chi connectivity index (χ2n) is 6.40. The molecule has 4 rings (SSSR count). The number of halogens is 2. The fourth-order valence-electron chi connectivity index (χ4n) is 3.04. The predicted molar refractivity (Wildman–Crippen MR) is 119 cm³/mol. The van der Waals surface area contributed by atoms with Crippen LogP contribution in [0.5, 0.6) is 0 Å². The van der Waals surface area contributed by atoms with Crippen LogP contribution in [0.15, 0.2) is 82.4 Å². The first-order valence-electron chi connectivity index (χ1n) is 9.00. The Hall–Kier alpha value is -3.09. The van der Waals surface area contributed by atoms with Gasteiger partial charge in [-0.05, 0) is 65.9 Å². The molecule has 7 heteroatoms. The number of nitrogens with one attached hydrogen (secondary N) is 1. The van der Waals surface area contributed by atoms with E-state index in [2.05, 4.69) is 10.3 Å². The number of hydrogen-bond acceptors (Lipinski definition) is 4. The molecule has 0 saturated carbocycles. The summed E-state index contributed by atoms with van der Waals surface area (Å²) in [7, 11) is 0. The van der Waals surface area contributed by atoms with Crippen LogP contribution in [0.4, 0.5) is 10.1 Å². The third-order valence-electron chi connectivity index (χ3n) is 4.51. The molecule has 0 aliphatic heterocycles. The van der Waals surface area contributed by atoms with Gasteiger partial charge in [-0.2, -0.15) is 0 Å². The van der Waals surface area contributed by atoms with Gasteiger partial charge in [0, 0.05) is 16.1 Å². The summed E-state index contributed by atoms with van der Waals surface area (Å²) in [4.78, 5) is 18.2. The number of carbonyl (C=O) groups is 1. The van der Waals surface area contributed by atoms with E-state index in [4.69, 9.17) is 16.0 Å². The van der Waals surface area contributed by atoms with Crippen molar-refractivity contribution in [1.29, 1.82) is 0 Å². The molecule has 4 aromatic rings. The van der Waals surface area contributed by atoms with Crippen molar-refractivity contribution in [2.45, 2.75) is 4.90 Å². The highest BCUT2D eigenvalue weighted by Gasteiger charge is 2.16. The summed E-state index contributed by atoms with van der Waals surface area (Å²) in [6, 6.07) is 16.7. The van der Waals surface area contributed by atoms with E-state index in [1.807, 2.05) is 18.4 Å². The number of nitrogens with zero attached hydrogens (tertiary/aromatic N) is 1. The van der Waals surface area contributed by atoms with E-state index in [0.29, 0.717) is 27.7 Å². The summed E-state index contributed by atoms with van der Waals surface area (Å²) < 4.78 is 18.7. The molecule has 0 spiro atoms. The number of oxazole rings is 1. The van der Waals surface area contributed by atoms with Gasteiger partial charge in [0.2, 0.25) is 5.89 Å². The number of rotatable bonds is 5. The van der Waals surface area contributed by atoms with E-state index in [0.717, 1.165) is 16.0 Å². The smallest absolute Gasteiger partial charge is 0.256 e. The first-order chi connectivity index (χ1) is 14.5. The van der Waals surface area contributed by atoms with E-state index in [1.165, 1.54) is 24.6 Å². The zero-order valence-corrected chi connectivity index (χ0v) is 17.4. The highest BCUT2D eigenvalue weighted by atomic mass is 35.5. The molecule has 0 saturated heterocycles. The zero-order valence-electron chi connectivity index (χ0n) is 15.9. The number of anilines is 1. The van der Waals surface area contributed by atoms with Crippen molar-refractivity contribution in [3.05, 3.63) is 89.5 Å². The van der Waals surface area contributed by atoms with Crippen molar-refractivity contribution in [3.8, 4) is 22.6 Å². The van der Waals surface area contributed by atoms with Crippen LogP contribution in [0.1, 0.15) is 10.4 Å². The Kier molecular flexibility index (Phi) is 5.88. The van der Waals surface area contributed by atoms with Crippen molar-refractivity contribution in [3.63, 3.8) is 0 Å². The monoisotopic (exact) mass is 438 g/mol.